The molecule has 36 heavy (non-hydrogen) atoms. The monoisotopic (exact) mass is 523 g/mol. The molecular weight excluding hydrogens is 505 g/mol. The van der Waals surface area contributed by atoms with Crippen molar-refractivity contribution in [2.75, 3.05) is 16.8 Å². The number of anilines is 2. The van der Waals surface area contributed by atoms with E-state index in [4.69, 9.17) is 27.9 Å². The minimum atomic E-state index is -0.895. The van der Waals surface area contributed by atoms with E-state index in [9.17, 15) is 19.2 Å². The van der Waals surface area contributed by atoms with Crippen molar-refractivity contribution in [3.63, 3.8) is 0 Å². The summed E-state index contributed by atoms with van der Waals surface area (Å²) in [5.74, 6) is -1.53. The zero-order valence-corrected chi connectivity index (χ0v) is 20.4. The predicted octanol–water partition coefficient (Wildman–Crippen LogP) is 4.99. The van der Waals surface area contributed by atoms with Crippen molar-refractivity contribution in [3.05, 3.63) is 93.5 Å². The first-order valence-electron chi connectivity index (χ1n) is 10.7. The average Bonchev–Trinajstić information content (AvgIpc) is 2.85. The Hall–Kier alpha value is -4.14. The predicted molar refractivity (Wildman–Crippen MR) is 137 cm³/mol. The molecule has 1 aliphatic rings. The van der Waals surface area contributed by atoms with E-state index in [1.54, 1.807) is 30.3 Å². The molecule has 0 aliphatic carbocycles. The van der Waals surface area contributed by atoms with Crippen LogP contribution in [0, 0.1) is 6.92 Å². The minimum Gasteiger partial charge on any atom is -0.484 e. The highest BCUT2D eigenvalue weighted by molar-refractivity contribution is 6.43. The summed E-state index contributed by atoms with van der Waals surface area (Å²) < 4.78 is 5.52. The molecule has 0 atom stereocenters. The third kappa shape index (κ3) is 5.56. The highest BCUT2D eigenvalue weighted by Gasteiger charge is 2.37. The third-order valence-corrected chi connectivity index (χ3v) is 5.98. The molecule has 1 aliphatic heterocycles. The highest BCUT2D eigenvalue weighted by Crippen LogP contribution is 2.29. The van der Waals surface area contributed by atoms with Gasteiger partial charge < -0.3 is 10.1 Å². The van der Waals surface area contributed by atoms with Gasteiger partial charge in [-0.2, -0.15) is 0 Å². The van der Waals surface area contributed by atoms with Crippen LogP contribution in [0.3, 0.4) is 0 Å². The zero-order valence-electron chi connectivity index (χ0n) is 18.9. The first kappa shape index (κ1) is 25.0. The quantitative estimate of drug-likeness (QED) is 0.350. The number of imide groups is 2. The number of nitrogens with zero attached hydrogens (tertiary/aromatic N) is 1. The van der Waals surface area contributed by atoms with Crippen LogP contribution in [-0.4, -0.2) is 30.4 Å². The molecule has 2 N–H and O–H groups in total. The van der Waals surface area contributed by atoms with E-state index in [0.29, 0.717) is 17.0 Å². The largest absolute Gasteiger partial charge is 0.484 e. The second-order valence-electron chi connectivity index (χ2n) is 7.78. The third-order valence-electron chi connectivity index (χ3n) is 5.24. The fraction of sp³-hybridized carbons (Fsp3) is 0.0769. The molecule has 0 radical (unpaired) electrons. The Kier molecular flexibility index (Phi) is 7.38. The van der Waals surface area contributed by atoms with E-state index < -0.39 is 17.8 Å². The number of rotatable bonds is 6. The highest BCUT2D eigenvalue weighted by atomic mass is 35.5. The summed E-state index contributed by atoms with van der Waals surface area (Å²) in [7, 11) is 0. The molecule has 10 heteroatoms. The van der Waals surface area contributed by atoms with Crippen molar-refractivity contribution in [1.29, 1.82) is 0 Å². The van der Waals surface area contributed by atoms with Crippen molar-refractivity contribution in [2.45, 2.75) is 6.92 Å². The van der Waals surface area contributed by atoms with E-state index in [2.05, 4.69) is 10.6 Å². The molecule has 8 nitrogen and oxygen atoms in total. The molecular formula is C26H19Cl2N3O5. The Balaban J connectivity index is 1.45. The maximum atomic E-state index is 13.0. The number of nitrogens with one attached hydrogen (secondary N) is 2. The summed E-state index contributed by atoms with van der Waals surface area (Å²) in [4.78, 5) is 50.7. The second kappa shape index (κ2) is 10.6. The van der Waals surface area contributed by atoms with Gasteiger partial charge in [-0.25, -0.2) is 9.69 Å². The summed E-state index contributed by atoms with van der Waals surface area (Å²) in [5, 5.41) is 5.33. The number of benzene rings is 3. The van der Waals surface area contributed by atoms with Crippen LogP contribution in [0.5, 0.6) is 5.75 Å². The molecule has 3 aromatic rings. The van der Waals surface area contributed by atoms with E-state index in [1.807, 2.05) is 25.1 Å². The van der Waals surface area contributed by atoms with Gasteiger partial charge in [-0.1, -0.05) is 53.5 Å². The number of halogens is 2. The molecule has 3 aromatic carbocycles. The smallest absolute Gasteiger partial charge is 0.335 e. The number of carbonyl (C=O) groups is 4. The number of ether oxygens (including phenoxy) is 1. The average molecular weight is 524 g/mol. The number of amides is 5. The Morgan fingerprint density at radius 1 is 1.00 bits per heavy atom. The summed E-state index contributed by atoms with van der Waals surface area (Å²) >= 11 is 11.9. The lowest BCUT2D eigenvalue weighted by molar-refractivity contribution is -0.122. The second-order valence-corrected chi connectivity index (χ2v) is 8.59. The maximum Gasteiger partial charge on any atom is 0.335 e. The van der Waals surface area contributed by atoms with E-state index in [1.165, 1.54) is 24.3 Å². The SMILES string of the molecule is Cc1ccccc1NC(=O)COc1ccc(/C=C2/C(=O)NC(=O)N(c3ccc(Cl)c(Cl)c3)C2=O)cc1. The standard InChI is InChI=1S/C26H19Cl2N3O5/c1-15-4-2-3-5-22(15)29-23(32)14-36-18-9-6-16(7-10-18)12-19-24(33)30-26(35)31(25(19)34)17-8-11-20(27)21(28)13-17/h2-13H,14H2,1H3,(H,29,32)(H,30,33,35)/b19-12-. The molecule has 1 fully saturated rings. The minimum absolute atomic E-state index is 0.153. The van der Waals surface area contributed by atoms with Gasteiger partial charge in [0.25, 0.3) is 17.7 Å². The summed E-state index contributed by atoms with van der Waals surface area (Å²) in [6.07, 6.45) is 1.35. The van der Waals surface area contributed by atoms with Crippen LogP contribution in [0.2, 0.25) is 10.0 Å². The van der Waals surface area contributed by atoms with Gasteiger partial charge in [0.1, 0.15) is 11.3 Å². The number of hydrogen-bond donors (Lipinski definition) is 2. The van der Waals surface area contributed by atoms with Crippen molar-refractivity contribution in [1.82, 2.24) is 5.32 Å². The van der Waals surface area contributed by atoms with Crippen LogP contribution >= 0.6 is 23.2 Å². The molecule has 1 saturated heterocycles. The number of urea groups is 1. The van der Waals surface area contributed by atoms with Crippen LogP contribution in [0.15, 0.2) is 72.3 Å². The lowest BCUT2D eigenvalue weighted by Crippen LogP contribution is -2.54. The van der Waals surface area contributed by atoms with Gasteiger partial charge >= 0.3 is 6.03 Å². The Labute approximate surface area is 216 Å². The van der Waals surface area contributed by atoms with Crippen LogP contribution in [0.25, 0.3) is 6.08 Å². The van der Waals surface area contributed by atoms with E-state index >= 15 is 0 Å². The van der Waals surface area contributed by atoms with Gasteiger partial charge in [-0.15, -0.1) is 0 Å². The number of carbonyl (C=O) groups excluding carboxylic acids is 4. The molecule has 0 aromatic heterocycles. The Morgan fingerprint density at radius 2 is 1.72 bits per heavy atom. The Morgan fingerprint density at radius 3 is 2.42 bits per heavy atom. The van der Waals surface area contributed by atoms with Gasteiger partial charge in [0.2, 0.25) is 0 Å². The molecule has 182 valence electrons. The van der Waals surface area contributed by atoms with E-state index in [-0.39, 0.29) is 33.8 Å². The van der Waals surface area contributed by atoms with Gasteiger partial charge in [0, 0.05) is 5.69 Å². The molecule has 0 unspecified atom stereocenters. The fourth-order valence-corrected chi connectivity index (χ4v) is 3.68. The molecule has 0 bridgehead atoms. The normalized spacial score (nSPS) is 14.6. The summed E-state index contributed by atoms with van der Waals surface area (Å²) in [6.45, 7) is 1.69. The molecule has 0 saturated carbocycles. The van der Waals surface area contributed by atoms with Crippen molar-refractivity contribution in [3.8, 4) is 5.75 Å². The van der Waals surface area contributed by atoms with Crippen molar-refractivity contribution in [2.24, 2.45) is 0 Å². The number of aryl methyl sites for hydroxylation is 1. The Bertz CT molecular complexity index is 1400. The van der Waals surface area contributed by atoms with Crippen molar-refractivity contribution < 1.29 is 23.9 Å². The molecule has 4 rings (SSSR count). The molecule has 5 amide bonds. The van der Waals surface area contributed by atoms with Gasteiger partial charge in [-0.3, -0.25) is 19.7 Å². The van der Waals surface area contributed by atoms with Gasteiger partial charge in [0.15, 0.2) is 6.61 Å². The first-order chi connectivity index (χ1) is 17.2. The lowest BCUT2D eigenvalue weighted by Gasteiger charge is -2.26. The lowest BCUT2D eigenvalue weighted by atomic mass is 10.1. The fourth-order valence-electron chi connectivity index (χ4n) is 3.39. The van der Waals surface area contributed by atoms with Crippen LogP contribution < -0.4 is 20.3 Å². The molecule has 0 spiro atoms. The van der Waals surface area contributed by atoms with Crippen LogP contribution in [-0.2, 0) is 14.4 Å². The van der Waals surface area contributed by atoms with Crippen molar-refractivity contribution >= 4 is 64.4 Å². The first-order valence-corrected chi connectivity index (χ1v) is 11.4. The number of para-hydroxylation sites is 1. The topological polar surface area (TPSA) is 105 Å². The number of barbiturate groups is 1. The van der Waals surface area contributed by atoms with Crippen LogP contribution in [0.1, 0.15) is 11.1 Å². The molecule has 1 heterocycles. The summed E-state index contributed by atoms with van der Waals surface area (Å²) in [5.41, 5.74) is 2.07. The van der Waals surface area contributed by atoms with Crippen LogP contribution in [0.4, 0.5) is 16.2 Å². The number of hydrogen-bond acceptors (Lipinski definition) is 5. The zero-order chi connectivity index (χ0) is 25.8. The van der Waals surface area contributed by atoms with Gasteiger partial charge in [0.05, 0.1) is 15.7 Å². The van der Waals surface area contributed by atoms with E-state index in [0.717, 1.165) is 10.5 Å². The summed E-state index contributed by atoms with van der Waals surface area (Å²) in [6, 6.07) is 17.2. The van der Waals surface area contributed by atoms with Gasteiger partial charge in [-0.05, 0) is 60.5 Å². The maximum absolute atomic E-state index is 13.0.